The fourth-order valence-electron chi connectivity index (χ4n) is 0.917. The van der Waals surface area contributed by atoms with Crippen LogP contribution in [-0.4, -0.2) is 7.05 Å². The van der Waals surface area contributed by atoms with Gasteiger partial charge in [0.2, 0.25) is 0 Å². The van der Waals surface area contributed by atoms with Crippen molar-refractivity contribution in [1.29, 1.82) is 0 Å². The van der Waals surface area contributed by atoms with Crippen molar-refractivity contribution in [1.82, 2.24) is 5.32 Å². The molecule has 4 heteroatoms. The predicted octanol–water partition coefficient (Wildman–Crippen LogP) is 3.13. The average Bonchev–Trinajstić information content (AvgIpc) is 1.85. The molecule has 0 aliphatic rings. The lowest BCUT2D eigenvalue weighted by atomic mass is 10.2. The molecule has 0 saturated carbocycles. The van der Waals surface area contributed by atoms with Crippen LogP contribution in [0, 0.1) is 0 Å². The molecule has 0 heterocycles. The van der Waals surface area contributed by atoms with Crippen LogP contribution >= 0.6 is 35.6 Å². The van der Waals surface area contributed by atoms with E-state index in [0.29, 0.717) is 10.0 Å². The number of halogens is 3. The molecule has 0 saturated heterocycles. The summed E-state index contributed by atoms with van der Waals surface area (Å²) in [6, 6.07) is 5.51. The minimum absolute atomic E-state index is 0. The molecule has 0 aromatic heterocycles. The highest BCUT2D eigenvalue weighted by molar-refractivity contribution is 6.34. The Labute approximate surface area is 88.5 Å². The number of hydrogen-bond acceptors (Lipinski definition) is 1. The molecule has 0 amide bonds. The average molecular weight is 227 g/mol. The maximum Gasteiger partial charge on any atom is 0.0424 e. The predicted molar refractivity (Wildman–Crippen MR) is 56.5 cm³/mol. The van der Waals surface area contributed by atoms with E-state index in [1.54, 1.807) is 6.07 Å². The summed E-state index contributed by atoms with van der Waals surface area (Å²) < 4.78 is 0. The van der Waals surface area contributed by atoms with Gasteiger partial charge in [0.15, 0.2) is 0 Å². The summed E-state index contributed by atoms with van der Waals surface area (Å²) in [5, 5.41) is 4.39. The van der Waals surface area contributed by atoms with Crippen LogP contribution in [0.4, 0.5) is 0 Å². The Morgan fingerprint density at radius 1 is 1.17 bits per heavy atom. The SMILES string of the molecule is CNCc1cc(Cl)cc(Cl)c1.Cl. The van der Waals surface area contributed by atoms with Crippen LogP contribution in [0.25, 0.3) is 0 Å². The van der Waals surface area contributed by atoms with Crippen LogP contribution in [0.2, 0.25) is 10.0 Å². The molecule has 1 nitrogen and oxygen atoms in total. The summed E-state index contributed by atoms with van der Waals surface area (Å²) in [5.41, 5.74) is 1.10. The van der Waals surface area contributed by atoms with E-state index in [1.807, 2.05) is 19.2 Å². The molecule has 12 heavy (non-hydrogen) atoms. The first-order valence-corrected chi connectivity index (χ1v) is 4.07. The van der Waals surface area contributed by atoms with Crippen molar-refractivity contribution in [3.8, 4) is 0 Å². The fraction of sp³-hybridized carbons (Fsp3) is 0.250. The van der Waals surface area contributed by atoms with Gasteiger partial charge in [0.25, 0.3) is 0 Å². The second kappa shape index (κ2) is 5.65. The molecule has 0 atom stereocenters. The van der Waals surface area contributed by atoms with E-state index < -0.39 is 0 Å². The maximum absolute atomic E-state index is 5.77. The van der Waals surface area contributed by atoms with Gasteiger partial charge >= 0.3 is 0 Å². The van der Waals surface area contributed by atoms with Gasteiger partial charge < -0.3 is 5.32 Å². The summed E-state index contributed by atoms with van der Waals surface area (Å²) in [7, 11) is 1.88. The van der Waals surface area contributed by atoms with Crippen molar-refractivity contribution < 1.29 is 0 Å². The van der Waals surface area contributed by atoms with E-state index in [4.69, 9.17) is 23.2 Å². The zero-order valence-corrected chi connectivity index (χ0v) is 8.93. The standard InChI is InChI=1S/C8H9Cl2N.ClH/c1-11-5-6-2-7(9)4-8(10)3-6;/h2-4,11H,5H2,1H3;1H. The van der Waals surface area contributed by atoms with Gasteiger partial charge in [-0.3, -0.25) is 0 Å². The quantitative estimate of drug-likeness (QED) is 0.817. The molecular weight excluding hydrogens is 216 g/mol. The van der Waals surface area contributed by atoms with Crippen LogP contribution in [0.5, 0.6) is 0 Å². The highest BCUT2D eigenvalue weighted by Gasteiger charge is 1.95. The van der Waals surface area contributed by atoms with Crippen LogP contribution < -0.4 is 5.32 Å². The Hall–Kier alpha value is 0.0500. The Morgan fingerprint density at radius 3 is 2.08 bits per heavy atom. The first-order valence-electron chi connectivity index (χ1n) is 3.32. The summed E-state index contributed by atoms with van der Waals surface area (Å²) >= 11 is 11.5. The first-order chi connectivity index (χ1) is 5.22. The number of rotatable bonds is 2. The zero-order valence-electron chi connectivity index (χ0n) is 6.60. The molecule has 1 N–H and O–H groups in total. The maximum atomic E-state index is 5.77. The highest BCUT2D eigenvalue weighted by atomic mass is 35.5. The highest BCUT2D eigenvalue weighted by Crippen LogP contribution is 2.18. The Kier molecular flexibility index (Phi) is 5.68. The lowest BCUT2D eigenvalue weighted by Gasteiger charge is -2.00. The van der Waals surface area contributed by atoms with Gasteiger partial charge in [0.05, 0.1) is 0 Å². The topological polar surface area (TPSA) is 12.0 Å². The lowest BCUT2D eigenvalue weighted by molar-refractivity contribution is 0.818. The summed E-state index contributed by atoms with van der Waals surface area (Å²) in [6.45, 7) is 0.792. The van der Waals surface area contributed by atoms with Gasteiger partial charge in [0.1, 0.15) is 0 Å². The molecule has 1 rings (SSSR count). The van der Waals surface area contributed by atoms with E-state index in [1.165, 1.54) is 0 Å². The van der Waals surface area contributed by atoms with E-state index in [0.717, 1.165) is 12.1 Å². The van der Waals surface area contributed by atoms with Crippen molar-refractivity contribution in [2.75, 3.05) is 7.05 Å². The number of benzene rings is 1. The Morgan fingerprint density at radius 2 is 1.67 bits per heavy atom. The number of hydrogen-bond donors (Lipinski definition) is 1. The van der Waals surface area contributed by atoms with Gasteiger partial charge in [-0.15, -0.1) is 12.4 Å². The van der Waals surface area contributed by atoms with Crippen molar-refractivity contribution in [2.24, 2.45) is 0 Å². The normalized spacial score (nSPS) is 9.25. The molecule has 0 fully saturated rings. The van der Waals surface area contributed by atoms with Gasteiger partial charge in [-0.1, -0.05) is 23.2 Å². The van der Waals surface area contributed by atoms with Gasteiger partial charge in [-0.2, -0.15) is 0 Å². The molecule has 0 unspecified atom stereocenters. The van der Waals surface area contributed by atoms with E-state index in [2.05, 4.69) is 5.32 Å². The molecular formula is C8H10Cl3N. The van der Waals surface area contributed by atoms with Crippen molar-refractivity contribution in [3.63, 3.8) is 0 Å². The molecule has 1 aromatic rings. The van der Waals surface area contributed by atoms with E-state index in [9.17, 15) is 0 Å². The third-order valence-electron chi connectivity index (χ3n) is 1.30. The van der Waals surface area contributed by atoms with E-state index in [-0.39, 0.29) is 12.4 Å². The second-order valence-corrected chi connectivity index (χ2v) is 3.18. The first kappa shape index (κ1) is 12.0. The second-order valence-electron chi connectivity index (χ2n) is 2.31. The fourth-order valence-corrected chi connectivity index (χ4v) is 1.49. The van der Waals surface area contributed by atoms with Gasteiger partial charge in [0, 0.05) is 16.6 Å². The lowest BCUT2D eigenvalue weighted by Crippen LogP contribution is -2.04. The van der Waals surface area contributed by atoms with Crippen molar-refractivity contribution >= 4 is 35.6 Å². The molecule has 0 aliphatic carbocycles. The minimum atomic E-state index is 0. The van der Waals surface area contributed by atoms with Crippen LogP contribution in [0.15, 0.2) is 18.2 Å². The van der Waals surface area contributed by atoms with Crippen LogP contribution in [0.1, 0.15) is 5.56 Å². The molecule has 1 aromatic carbocycles. The summed E-state index contributed by atoms with van der Waals surface area (Å²) in [5.74, 6) is 0. The van der Waals surface area contributed by atoms with Crippen LogP contribution in [0.3, 0.4) is 0 Å². The van der Waals surface area contributed by atoms with Crippen LogP contribution in [-0.2, 0) is 6.54 Å². The molecule has 0 aliphatic heterocycles. The molecule has 0 bridgehead atoms. The largest absolute Gasteiger partial charge is 0.316 e. The van der Waals surface area contributed by atoms with Gasteiger partial charge in [-0.25, -0.2) is 0 Å². The van der Waals surface area contributed by atoms with E-state index >= 15 is 0 Å². The smallest absolute Gasteiger partial charge is 0.0424 e. The molecule has 0 radical (unpaired) electrons. The Bertz CT molecular complexity index is 230. The molecule has 68 valence electrons. The minimum Gasteiger partial charge on any atom is -0.316 e. The zero-order chi connectivity index (χ0) is 8.27. The van der Waals surface area contributed by atoms with Crippen molar-refractivity contribution in [2.45, 2.75) is 6.54 Å². The summed E-state index contributed by atoms with van der Waals surface area (Å²) in [6.07, 6.45) is 0. The summed E-state index contributed by atoms with van der Waals surface area (Å²) in [4.78, 5) is 0. The van der Waals surface area contributed by atoms with Crippen molar-refractivity contribution in [3.05, 3.63) is 33.8 Å². The monoisotopic (exact) mass is 225 g/mol. The molecule has 0 spiro atoms. The van der Waals surface area contributed by atoms with Gasteiger partial charge in [-0.05, 0) is 30.8 Å². The Balaban J connectivity index is 0.00000121. The third kappa shape index (κ3) is 3.63. The third-order valence-corrected chi connectivity index (χ3v) is 1.74. The number of nitrogens with one attached hydrogen (secondary N) is 1.